The van der Waals surface area contributed by atoms with Crippen molar-refractivity contribution < 1.29 is 13.9 Å². The van der Waals surface area contributed by atoms with Crippen LogP contribution in [0.5, 0.6) is 0 Å². The summed E-state index contributed by atoms with van der Waals surface area (Å²) in [6.07, 6.45) is 0.214. The van der Waals surface area contributed by atoms with Gasteiger partial charge in [-0.25, -0.2) is 4.39 Å². The molecule has 0 spiro atoms. The smallest absolute Gasteiger partial charge is 0.222 e. The van der Waals surface area contributed by atoms with E-state index in [0.717, 1.165) is 18.7 Å². The van der Waals surface area contributed by atoms with Gasteiger partial charge in [0.1, 0.15) is 5.82 Å². The van der Waals surface area contributed by atoms with Crippen LogP contribution in [0.4, 0.5) is 4.39 Å². The van der Waals surface area contributed by atoms with Gasteiger partial charge in [-0.2, -0.15) is 0 Å². The molecule has 122 valence electrons. The Morgan fingerprint density at radius 3 is 3.00 bits per heavy atom. The van der Waals surface area contributed by atoms with E-state index in [1.54, 1.807) is 24.1 Å². The molecule has 1 heterocycles. The van der Waals surface area contributed by atoms with Crippen LogP contribution in [-0.4, -0.2) is 44.1 Å². The van der Waals surface area contributed by atoms with Crippen molar-refractivity contribution in [2.75, 3.05) is 33.3 Å². The molecule has 0 aromatic heterocycles. The topological polar surface area (TPSA) is 41.6 Å². The zero-order valence-electron chi connectivity index (χ0n) is 12.9. The predicted octanol–water partition coefficient (Wildman–Crippen LogP) is 2.62. The van der Waals surface area contributed by atoms with Crippen LogP contribution in [0.2, 0.25) is 5.02 Å². The van der Waals surface area contributed by atoms with Crippen LogP contribution in [-0.2, 0) is 9.53 Å². The van der Waals surface area contributed by atoms with Crippen LogP contribution in [0, 0.1) is 11.7 Å². The Hall–Kier alpha value is -1.17. The summed E-state index contributed by atoms with van der Waals surface area (Å²) in [6.45, 7) is 4.42. The Bertz CT molecular complexity index is 527. The molecule has 1 N–H and O–H groups in total. The molecule has 0 unspecified atom stereocenters. The van der Waals surface area contributed by atoms with Crippen molar-refractivity contribution in [1.82, 2.24) is 10.2 Å². The fourth-order valence-corrected chi connectivity index (χ4v) is 2.85. The minimum atomic E-state index is -0.447. The number of benzene rings is 1. The van der Waals surface area contributed by atoms with Crippen LogP contribution in [0.3, 0.4) is 0 Å². The largest absolute Gasteiger partial charge is 0.372 e. The summed E-state index contributed by atoms with van der Waals surface area (Å²) >= 11 is 5.75. The number of carbonyl (C=O) groups excluding carboxylic acids is 1. The summed E-state index contributed by atoms with van der Waals surface area (Å²) in [5.74, 6) is -0.300. The molecule has 1 saturated heterocycles. The third-order valence-corrected chi connectivity index (χ3v) is 4.23. The quantitative estimate of drug-likeness (QED) is 0.924. The molecule has 1 aliphatic heterocycles. The Morgan fingerprint density at radius 2 is 2.32 bits per heavy atom. The van der Waals surface area contributed by atoms with Crippen LogP contribution in [0.15, 0.2) is 18.2 Å². The highest BCUT2D eigenvalue weighted by Gasteiger charge is 2.28. The van der Waals surface area contributed by atoms with Crippen molar-refractivity contribution >= 4 is 17.5 Å². The van der Waals surface area contributed by atoms with Crippen LogP contribution >= 0.6 is 11.6 Å². The van der Waals surface area contributed by atoms with Crippen molar-refractivity contribution in [3.8, 4) is 0 Å². The number of ether oxygens (including phenoxy) is 1. The van der Waals surface area contributed by atoms with Gasteiger partial charge in [0.15, 0.2) is 0 Å². The highest BCUT2D eigenvalue weighted by molar-refractivity contribution is 6.30. The molecule has 0 aliphatic carbocycles. The molecular weight excluding hydrogens is 307 g/mol. The minimum absolute atomic E-state index is 0.0589. The van der Waals surface area contributed by atoms with Crippen molar-refractivity contribution in [1.29, 1.82) is 0 Å². The van der Waals surface area contributed by atoms with Gasteiger partial charge >= 0.3 is 0 Å². The Kier molecular flexibility index (Phi) is 6.17. The number of carbonyl (C=O) groups is 1. The fraction of sp³-hybridized carbons (Fsp3) is 0.562. The summed E-state index contributed by atoms with van der Waals surface area (Å²) < 4.78 is 19.6. The summed E-state index contributed by atoms with van der Waals surface area (Å²) in [7, 11) is 1.79. The summed E-state index contributed by atoms with van der Waals surface area (Å²) in [4.78, 5) is 13.5. The van der Waals surface area contributed by atoms with E-state index in [1.165, 1.54) is 6.07 Å². The van der Waals surface area contributed by atoms with Gasteiger partial charge in [0.25, 0.3) is 0 Å². The summed E-state index contributed by atoms with van der Waals surface area (Å²) in [5, 5.41) is 3.40. The van der Waals surface area contributed by atoms with Gasteiger partial charge in [-0.1, -0.05) is 24.6 Å². The van der Waals surface area contributed by atoms with Gasteiger partial charge in [0.2, 0.25) is 5.91 Å². The molecule has 1 amide bonds. The molecular formula is C16H22ClFN2O2. The van der Waals surface area contributed by atoms with E-state index in [2.05, 4.69) is 5.32 Å². The number of amides is 1. The highest BCUT2D eigenvalue weighted by Crippen LogP contribution is 2.30. The molecule has 22 heavy (non-hydrogen) atoms. The number of hydrogen-bond donors (Lipinski definition) is 1. The second-order valence-electron chi connectivity index (χ2n) is 5.56. The van der Waals surface area contributed by atoms with Gasteiger partial charge in [0, 0.05) is 39.0 Å². The molecule has 4 nitrogen and oxygen atoms in total. The second-order valence-corrected chi connectivity index (χ2v) is 5.96. The first-order valence-electron chi connectivity index (χ1n) is 7.54. The average Bonchev–Trinajstić information content (AvgIpc) is 2.74. The van der Waals surface area contributed by atoms with Gasteiger partial charge < -0.3 is 15.0 Å². The van der Waals surface area contributed by atoms with E-state index in [-0.39, 0.29) is 23.0 Å². The molecule has 1 aromatic rings. The Morgan fingerprint density at radius 1 is 1.55 bits per heavy atom. The molecule has 0 bridgehead atoms. The molecule has 2 atom stereocenters. The highest BCUT2D eigenvalue weighted by atomic mass is 35.5. The normalized spacial score (nSPS) is 22.2. The lowest BCUT2D eigenvalue weighted by molar-refractivity contribution is -0.130. The number of nitrogens with one attached hydrogen (secondary N) is 1. The molecule has 0 saturated carbocycles. The van der Waals surface area contributed by atoms with Crippen molar-refractivity contribution in [3.63, 3.8) is 0 Å². The number of rotatable bonds is 4. The van der Waals surface area contributed by atoms with Crippen molar-refractivity contribution in [2.45, 2.75) is 19.4 Å². The monoisotopic (exact) mass is 328 g/mol. The standard InChI is InChI=1S/C16H22ClFN2O2/c1-3-15(21)20(2)10-12-9-19-6-7-22-16(12)11-4-5-13(17)14(18)8-11/h4-5,8,12,16,19H,3,6-7,9-10H2,1-2H3/t12-,16-/m0/s1. The van der Waals surface area contributed by atoms with Crippen LogP contribution < -0.4 is 5.32 Å². The average molecular weight is 329 g/mol. The first-order valence-corrected chi connectivity index (χ1v) is 7.92. The van der Waals surface area contributed by atoms with E-state index in [4.69, 9.17) is 16.3 Å². The zero-order valence-corrected chi connectivity index (χ0v) is 13.7. The SMILES string of the molecule is CCC(=O)N(C)C[C@@H]1CNCCO[C@H]1c1ccc(Cl)c(F)c1. The van der Waals surface area contributed by atoms with Crippen LogP contribution in [0.1, 0.15) is 25.0 Å². The van der Waals surface area contributed by atoms with E-state index >= 15 is 0 Å². The van der Waals surface area contributed by atoms with Gasteiger partial charge in [0.05, 0.1) is 17.7 Å². The lowest BCUT2D eigenvalue weighted by atomic mass is 9.94. The van der Waals surface area contributed by atoms with E-state index < -0.39 is 5.82 Å². The zero-order chi connectivity index (χ0) is 16.1. The van der Waals surface area contributed by atoms with Gasteiger partial charge in [-0.15, -0.1) is 0 Å². The lowest BCUT2D eigenvalue weighted by Gasteiger charge is -2.29. The first kappa shape index (κ1) is 17.2. The van der Waals surface area contributed by atoms with E-state index in [0.29, 0.717) is 19.6 Å². The molecule has 2 rings (SSSR count). The Labute approximate surface area is 135 Å². The maximum absolute atomic E-state index is 13.7. The van der Waals surface area contributed by atoms with Gasteiger partial charge in [-0.05, 0) is 17.7 Å². The van der Waals surface area contributed by atoms with Crippen LogP contribution in [0.25, 0.3) is 0 Å². The lowest BCUT2D eigenvalue weighted by Crippen LogP contribution is -2.37. The first-order chi connectivity index (χ1) is 10.5. The number of hydrogen-bond acceptors (Lipinski definition) is 3. The number of nitrogens with zero attached hydrogens (tertiary/aromatic N) is 1. The molecule has 1 aromatic carbocycles. The predicted molar refractivity (Wildman–Crippen MR) is 84.4 cm³/mol. The maximum Gasteiger partial charge on any atom is 0.222 e. The van der Waals surface area contributed by atoms with Crippen molar-refractivity contribution in [3.05, 3.63) is 34.6 Å². The van der Waals surface area contributed by atoms with Gasteiger partial charge in [-0.3, -0.25) is 4.79 Å². The van der Waals surface area contributed by atoms with E-state index in [1.807, 2.05) is 6.92 Å². The fourth-order valence-electron chi connectivity index (χ4n) is 2.73. The minimum Gasteiger partial charge on any atom is -0.372 e. The third kappa shape index (κ3) is 4.18. The molecule has 1 fully saturated rings. The molecule has 0 radical (unpaired) electrons. The Balaban J connectivity index is 2.19. The third-order valence-electron chi connectivity index (χ3n) is 3.92. The molecule has 6 heteroatoms. The summed E-state index contributed by atoms with van der Waals surface area (Å²) in [5.41, 5.74) is 0.757. The second kappa shape index (κ2) is 7.90. The van der Waals surface area contributed by atoms with E-state index in [9.17, 15) is 9.18 Å². The number of halogens is 2. The maximum atomic E-state index is 13.7. The summed E-state index contributed by atoms with van der Waals surface area (Å²) in [6, 6.07) is 4.76. The van der Waals surface area contributed by atoms with Crippen molar-refractivity contribution in [2.24, 2.45) is 5.92 Å². The molecule has 1 aliphatic rings.